The summed E-state index contributed by atoms with van der Waals surface area (Å²) in [6.45, 7) is 3.54. The molecule has 0 aliphatic heterocycles. The average molecular weight is 260 g/mol. The fourth-order valence-electron chi connectivity index (χ4n) is 1.41. The lowest BCUT2D eigenvalue weighted by atomic mass is 10.2. The molecule has 0 bridgehead atoms. The molecule has 0 aromatic heterocycles. The lowest BCUT2D eigenvalue weighted by Crippen LogP contribution is -2.33. The molecule has 6 heteroatoms. The molecule has 1 aromatic carbocycles. The smallest absolute Gasteiger partial charge is 0.257 e. The quantitative estimate of drug-likeness (QED) is 0.766. The van der Waals surface area contributed by atoms with Gasteiger partial charge in [-0.2, -0.15) is 0 Å². The molecule has 1 rings (SSSR count). The second-order valence-electron chi connectivity index (χ2n) is 3.75. The minimum Gasteiger partial charge on any atom is -0.351 e. The number of nitrogens with one attached hydrogen (secondary N) is 2. The third-order valence-electron chi connectivity index (χ3n) is 2.25. The van der Waals surface area contributed by atoms with Crippen LogP contribution in [0.2, 0.25) is 0 Å². The normalized spacial score (nSPS) is 10.4. The van der Waals surface area contributed by atoms with Gasteiger partial charge in [0, 0.05) is 25.2 Å². The van der Waals surface area contributed by atoms with Gasteiger partial charge in [-0.15, -0.1) is 0 Å². The molecule has 0 atom stereocenters. The zero-order chi connectivity index (χ0) is 13.5. The highest BCUT2D eigenvalue weighted by Gasteiger charge is 2.18. The van der Waals surface area contributed by atoms with Gasteiger partial charge in [0.05, 0.1) is 0 Å². The van der Waals surface area contributed by atoms with Crippen LogP contribution in [0, 0.1) is 17.5 Å². The SMILES string of the molecule is CCCNCCNC(=O)c1c(F)cc(F)cc1F. The first-order chi connectivity index (χ1) is 8.56. The Morgan fingerprint density at radius 1 is 1.11 bits per heavy atom. The molecule has 1 aromatic rings. The van der Waals surface area contributed by atoms with E-state index in [-0.39, 0.29) is 6.54 Å². The summed E-state index contributed by atoms with van der Waals surface area (Å²) in [5, 5.41) is 5.37. The third-order valence-corrected chi connectivity index (χ3v) is 2.25. The molecule has 0 heterocycles. The molecule has 0 aliphatic carbocycles. The molecule has 0 unspecified atom stereocenters. The van der Waals surface area contributed by atoms with Crippen molar-refractivity contribution < 1.29 is 18.0 Å². The standard InChI is InChI=1S/C12H15F3N2O/c1-2-3-16-4-5-17-12(18)11-9(14)6-8(13)7-10(11)15/h6-7,16H,2-5H2,1H3,(H,17,18). The van der Waals surface area contributed by atoms with Crippen molar-refractivity contribution in [2.24, 2.45) is 0 Å². The van der Waals surface area contributed by atoms with Crippen LogP contribution in [0.1, 0.15) is 23.7 Å². The van der Waals surface area contributed by atoms with E-state index < -0.39 is 28.9 Å². The summed E-state index contributed by atoms with van der Waals surface area (Å²) in [5.41, 5.74) is -0.758. The maximum atomic E-state index is 13.2. The second kappa shape index (κ2) is 7.00. The Hall–Kier alpha value is -1.56. The minimum absolute atomic E-state index is 0.245. The van der Waals surface area contributed by atoms with Crippen LogP contribution in [0.5, 0.6) is 0 Å². The molecule has 0 aliphatic rings. The van der Waals surface area contributed by atoms with Crippen LogP contribution in [0.3, 0.4) is 0 Å². The zero-order valence-electron chi connectivity index (χ0n) is 10.0. The number of hydrogen-bond acceptors (Lipinski definition) is 2. The second-order valence-corrected chi connectivity index (χ2v) is 3.75. The maximum absolute atomic E-state index is 13.2. The Kier molecular flexibility index (Phi) is 5.64. The van der Waals surface area contributed by atoms with E-state index in [1.165, 1.54) is 0 Å². The number of carbonyl (C=O) groups excluding carboxylic acids is 1. The molecule has 2 N–H and O–H groups in total. The number of carbonyl (C=O) groups is 1. The van der Waals surface area contributed by atoms with Gasteiger partial charge in [-0.1, -0.05) is 6.92 Å². The summed E-state index contributed by atoms with van der Waals surface area (Å²) in [4.78, 5) is 11.5. The van der Waals surface area contributed by atoms with E-state index in [1.54, 1.807) is 0 Å². The van der Waals surface area contributed by atoms with Gasteiger partial charge in [0.2, 0.25) is 0 Å². The van der Waals surface area contributed by atoms with Crippen molar-refractivity contribution in [2.45, 2.75) is 13.3 Å². The largest absolute Gasteiger partial charge is 0.351 e. The van der Waals surface area contributed by atoms with Crippen molar-refractivity contribution in [1.82, 2.24) is 10.6 Å². The topological polar surface area (TPSA) is 41.1 Å². The van der Waals surface area contributed by atoms with Gasteiger partial charge in [0.15, 0.2) is 0 Å². The first kappa shape index (κ1) is 14.5. The van der Waals surface area contributed by atoms with Gasteiger partial charge >= 0.3 is 0 Å². The fraction of sp³-hybridized carbons (Fsp3) is 0.417. The molecule has 100 valence electrons. The van der Waals surface area contributed by atoms with Crippen molar-refractivity contribution in [2.75, 3.05) is 19.6 Å². The molecule has 0 saturated heterocycles. The monoisotopic (exact) mass is 260 g/mol. The molecule has 1 amide bonds. The summed E-state index contributed by atoms with van der Waals surface area (Å²) in [6.07, 6.45) is 0.954. The van der Waals surface area contributed by atoms with E-state index in [1.807, 2.05) is 6.92 Å². The maximum Gasteiger partial charge on any atom is 0.257 e. The van der Waals surface area contributed by atoms with Crippen LogP contribution >= 0.6 is 0 Å². The van der Waals surface area contributed by atoms with E-state index in [0.29, 0.717) is 18.7 Å². The third kappa shape index (κ3) is 4.03. The zero-order valence-corrected chi connectivity index (χ0v) is 10.0. The van der Waals surface area contributed by atoms with E-state index in [2.05, 4.69) is 10.6 Å². The summed E-state index contributed by atoms with van der Waals surface area (Å²) in [7, 11) is 0. The van der Waals surface area contributed by atoms with Crippen LogP contribution in [-0.4, -0.2) is 25.5 Å². The average Bonchev–Trinajstić information content (AvgIpc) is 2.27. The lowest BCUT2D eigenvalue weighted by molar-refractivity contribution is 0.0945. The molecule has 0 fully saturated rings. The Morgan fingerprint density at radius 3 is 2.28 bits per heavy atom. The fourth-order valence-corrected chi connectivity index (χ4v) is 1.41. The number of amides is 1. The summed E-state index contributed by atoms with van der Waals surface area (Å²) < 4.78 is 39.1. The van der Waals surface area contributed by atoms with Crippen LogP contribution in [0.25, 0.3) is 0 Å². The van der Waals surface area contributed by atoms with Gasteiger partial charge in [-0.25, -0.2) is 13.2 Å². The number of benzene rings is 1. The summed E-state index contributed by atoms with van der Waals surface area (Å²) in [5.74, 6) is -4.34. The van der Waals surface area contributed by atoms with Crippen molar-refractivity contribution in [3.8, 4) is 0 Å². The van der Waals surface area contributed by atoms with Crippen LogP contribution < -0.4 is 10.6 Å². The number of halogens is 3. The van der Waals surface area contributed by atoms with Gasteiger partial charge in [-0.05, 0) is 13.0 Å². The Balaban J connectivity index is 2.57. The highest BCUT2D eigenvalue weighted by Crippen LogP contribution is 2.14. The summed E-state index contributed by atoms with van der Waals surface area (Å²) in [6, 6.07) is 0.959. The highest BCUT2D eigenvalue weighted by molar-refractivity contribution is 5.94. The number of rotatable bonds is 6. The first-order valence-corrected chi connectivity index (χ1v) is 5.69. The Morgan fingerprint density at radius 2 is 1.72 bits per heavy atom. The highest BCUT2D eigenvalue weighted by atomic mass is 19.1. The summed E-state index contributed by atoms with van der Waals surface area (Å²) >= 11 is 0. The Bertz CT molecular complexity index is 401. The molecular weight excluding hydrogens is 245 g/mol. The minimum atomic E-state index is -1.20. The molecule has 0 spiro atoms. The number of hydrogen-bond donors (Lipinski definition) is 2. The van der Waals surface area contributed by atoms with E-state index >= 15 is 0 Å². The molecule has 0 saturated carbocycles. The van der Waals surface area contributed by atoms with E-state index in [4.69, 9.17) is 0 Å². The molecule has 3 nitrogen and oxygen atoms in total. The predicted molar refractivity (Wildman–Crippen MR) is 61.8 cm³/mol. The lowest BCUT2D eigenvalue weighted by Gasteiger charge is -2.07. The van der Waals surface area contributed by atoms with Gasteiger partial charge < -0.3 is 10.6 Å². The Labute approximate surface area is 103 Å². The van der Waals surface area contributed by atoms with E-state index in [0.717, 1.165) is 13.0 Å². The van der Waals surface area contributed by atoms with Crippen LogP contribution in [0.15, 0.2) is 12.1 Å². The molecule has 0 radical (unpaired) electrons. The van der Waals surface area contributed by atoms with Crippen molar-refractivity contribution in [3.05, 3.63) is 35.1 Å². The van der Waals surface area contributed by atoms with Gasteiger partial charge in [0.25, 0.3) is 5.91 Å². The first-order valence-electron chi connectivity index (χ1n) is 5.69. The molecule has 18 heavy (non-hydrogen) atoms. The van der Waals surface area contributed by atoms with Gasteiger partial charge in [-0.3, -0.25) is 4.79 Å². The van der Waals surface area contributed by atoms with Gasteiger partial charge in [0.1, 0.15) is 23.0 Å². The van der Waals surface area contributed by atoms with E-state index in [9.17, 15) is 18.0 Å². The van der Waals surface area contributed by atoms with Crippen LogP contribution in [-0.2, 0) is 0 Å². The van der Waals surface area contributed by atoms with Crippen molar-refractivity contribution in [1.29, 1.82) is 0 Å². The molecular formula is C12H15F3N2O. The van der Waals surface area contributed by atoms with Crippen molar-refractivity contribution in [3.63, 3.8) is 0 Å². The van der Waals surface area contributed by atoms with Crippen molar-refractivity contribution >= 4 is 5.91 Å². The van der Waals surface area contributed by atoms with Crippen LogP contribution in [0.4, 0.5) is 13.2 Å². The predicted octanol–water partition coefficient (Wildman–Crippen LogP) is 1.83.